The van der Waals surface area contributed by atoms with E-state index in [2.05, 4.69) is 34.3 Å². The van der Waals surface area contributed by atoms with E-state index in [-0.39, 0.29) is 0 Å². The van der Waals surface area contributed by atoms with Crippen molar-refractivity contribution in [1.29, 1.82) is 0 Å². The van der Waals surface area contributed by atoms with Crippen LogP contribution in [0.4, 0.5) is 0 Å². The van der Waals surface area contributed by atoms with Gasteiger partial charge < -0.3 is 4.74 Å². The molecule has 72 valence electrons. The molecule has 0 N–H and O–H groups in total. The SMILES string of the molecule is C=COC(CC(C)C)CC(C)C. The van der Waals surface area contributed by atoms with Crippen molar-refractivity contribution in [3.63, 3.8) is 0 Å². The molecule has 0 amide bonds. The molecule has 1 heteroatoms. The minimum Gasteiger partial charge on any atom is -0.499 e. The highest BCUT2D eigenvalue weighted by atomic mass is 16.5. The first-order valence-electron chi connectivity index (χ1n) is 4.82. The maximum Gasteiger partial charge on any atom is 0.0983 e. The lowest BCUT2D eigenvalue weighted by Crippen LogP contribution is -2.15. The molecule has 0 saturated carbocycles. The van der Waals surface area contributed by atoms with Crippen molar-refractivity contribution in [3.05, 3.63) is 12.8 Å². The molecular weight excluding hydrogens is 148 g/mol. The Morgan fingerprint density at radius 2 is 1.50 bits per heavy atom. The molecule has 0 fully saturated rings. The van der Waals surface area contributed by atoms with Crippen LogP contribution in [0.1, 0.15) is 40.5 Å². The number of rotatable bonds is 6. The van der Waals surface area contributed by atoms with Gasteiger partial charge in [0.2, 0.25) is 0 Å². The predicted molar refractivity (Wildman–Crippen MR) is 54.0 cm³/mol. The van der Waals surface area contributed by atoms with Crippen LogP contribution in [0, 0.1) is 11.8 Å². The number of ether oxygens (including phenoxy) is 1. The molecule has 0 heterocycles. The van der Waals surface area contributed by atoms with Gasteiger partial charge in [0.1, 0.15) is 0 Å². The van der Waals surface area contributed by atoms with Crippen LogP contribution in [0.15, 0.2) is 12.8 Å². The van der Waals surface area contributed by atoms with Crippen LogP contribution in [0.3, 0.4) is 0 Å². The molecule has 0 saturated heterocycles. The van der Waals surface area contributed by atoms with E-state index in [1.807, 2.05) is 0 Å². The Morgan fingerprint density at radius 1 is 1.08 bits per heavy atom. The van der Waals surface area contributed by atoms with E-state index in [0.29, 0.717) is 17.9 Å². The summed E-state index contributed by atoms with van der Waals surface area (Å²) < 4.78 is 5.43. The van der Waals surface area contributed by atoms with Gasteiger partial charge in [-0.1, -0.05) is 34.3 Å². The van der Waals surface area contributed by atoms with Crippen LogP contribution >= 0.6 is 0 Å². The fraction of sp³-hybridized carbons (Fsp3) is 0.818. The van der Waals surface area contributed by atoms with E-state index in [1.165, 1.54) is 0 Å². The van der Waals surface area contributed by atoms with Gasteiger partial charge in [-0.05, 0) is 24.7 Å². The molecule has 0 spiro atoms. The van der Waals surface area contributed by atoms with E-state index in [4.69, 9.17) is 4.74 Å². The zero-order chi connectivity index (χ0) is 9.56. The van der Waals surface area contributed by atoms with Crippen LogP contribution in [0.25, 0.3) is 0 Å². The molecule has 0 aromatic heterocycles. The van der Waals surface area contributed by atoms with Crippen LogP contribution in [-0.2, 0) is 4.74 Å². The van der Waals surface area contributed by atoms with E-state index >= 15 is 0 Å². The normalized spacial score (nSPS) is 11.2. The second-order valence-electron chi connectivity index (χ2n) is 4.18. The van der Waals surface area contributed by atoms with Crippen molar-refractivity contribution in [2.45, 2.75) is 46.6 Å². The van der Waals surface area contributed by atoms with Gasteiger partial charge in [0, 0.05) is 0 Å². The Morgan fingerprint density at radius 3 is 1.75 bits per heavy atom. The molecule has 0 aromatic carbocycles. The fourth-order valence-electron chi connectivity index (χ4n) is 1.39. The van der Waals surface area contributed by atoms with Gasteiger partial charge in [-0.15, -0.1) is 0 Å². The lowest BCUT2D eigenvalue weighted by atomic mass is 9.98. The molecule has 0 aromatic rings. The zero-order valence-corrected chi connectivity index (χ0v) is 8.84. The highest BCUT2D eigenvalue weighted by Crippen LogP contribution is 2.16. The van der Waals surface area contributed by atoms with Crippen molar-refractivity contribution >= 4 is 0 Å². The van der Waals surface area contributed by atoms with Gasteiger partial charge in [0.25, 0.3) is 0 Å². The predicted octanol–water partition coefficient (Wildman–Crippen LogP) is 3.61. The molecule has 0 bridgehead atoms. The van der Waals surface area contributed by atoms with Crippen molar-refractivity contribution in [2.75, 3.05) is 0 Å². The summed E-state index contributed by atoms with van der Waals surface area (Å²) in [5.41, 5.74) is 0. The van der Waals surface area contributed by atoms with Crippen molar-refractivity contribution in [3.8, 4) is 0 Å². The monoisotopic (exact) mass is 170 g/mol. The first-order valence-corrected chi connectivity index (χ1v) is 4.82. The Labute approximate surface area is 76.8 Å². The molecule has 12 heavy (non-hydrogen) atoms. The molecule has 0 atom stereocenters. The van der Waals surface area contributed by atoms with Crippen molar-refractivity contribution in [1.82, 2.24) is 0 Å². The summed E-state index contributed by atoms with van der Waals surface area (Å²) in [6.45, 7) is 12.5. The second-order valence-corrected chi connectivity index (χ2v) is 4.18. The molecule has 1 nitrogen and oxygen atoms in total. The summed E-state index contributed by atoms with van der Waals surface area (Å²) in [5, 5.41) is 0. The van der Waals surface area contributed by atoms with Gasteiger partial charge in [-0.2, -0.15) is 0 Å². The Hall–Kier alpha value is -0.460. The first-order chi connectivity index (χ1) is 5.56. The van der Waals surface area contributed by atoms with Crippen LogP contribution < -0.4 is 0 Å². The Kier molecular flexibility index (Phi) is 5.87. The summed E-state index contributed by atoms with van der Waals surface area (Å²) in [6, 6.07) is 0. The first kappa shape index (κ1) is 11.5. The third-order valence-electron chi connectivity index (χ3n) is 1.76. The summed E-state index contributed by atoms with van der Waals surface area (Å²) in [5.74, 6) is 1.40. The smallest absolute Gasteiger partial charge is 0.0983 e. The molecular formula is C11H22O. The highest BCUT2D eigenvalue weighted by Gasteiger charge is 2.12. The second kappa shape index (κ2) is 6.10. The highest BCUT2D eigenvalue weighted by molar-refractivity contribution is 4.66. The summed E-state index contributed by atoms with van der Waals surface area (Å²) >= 11 is 0. The zero-order valence-electron chi connectivity index (χ0n) is 8.84. The molecule has 0 unspecified atom stereocenters. The average molecular weight is 170 g/mol. The molecule has 0 rings (SSSR count). The van der Waals surface area contributed by atoms with Crippen molar-refractivity contribution in [2.24, 2.45) is 11.8 Å². The molecule has 0 radical (unpaired) electrons. The van der Waals surface area contributed by atoms with Crippen LogP contribution in [0.2, 0.25) is 0 Å². The summed E-state index contributed by atoms with van der Waals surface area (Å²) in [7, 11) is 0. The number of hydrogen-bond donors (Lipinski definition) is 0. The standard InChI is InChI=1S/C11H22O/c1-6-12-11(7-9(2)3)8-10(4)5/h6,9-11H,1,7-8H2,2-5H3. The van der Waals surface area contributed by atoms with Crippen LogP contribution in [0.5, 0.6) is 0 Å². The van der Waals surface area contributed by atoms with E-state index < -0.39 is 0 Å². The lowest BCUT2D eigenvalue weighted by Gasteiger charge is -2.20. The van der Waals surface area contributed by atoms with Crippen molar-refractivity contribution < 1.29 is 4.74 Å². The minimum absolute atomic E-state index is 0.363. The lowest BCUT2D eigenvalue weighted by molar-refractivity contribution is 0.103. The van der Waals surface area contributed by atoms with Gasteiger partial charge in [-0.25, -0.2) is 0 Å². The molecule has 0 aliphatic heterocycles. The summed E-state index contributed by atoms with van der Waals surface area (Å²) in [6.07, 6.45) is 4.19. The third kappa shape index (κ3) is 6.26. The Balaban J connectivity index is 3.77. The topological polar surface area (TPSA) is 9.23 Å². The summed E-state index contributed by atoms with van der Waals surface area (Å²) in [4.78, 5) is 0. The maximum atomic E-state index is 5.43. The van der Waals surface area contributed by atoms with Gasteiger partial charge in [0.15, 0.2) is 0 Å². The largest absolute Gasteiger partial charge is 0.499 e. The Bertz CT molecular complexity index is 106. The fourth-order valence-corrected chi connectivity index (χ4v) is 1.39. The average Bonchev–Trinajstić information content (AvgIpc) is 1.84. The van der Waals surface area contributed by atoms with E-state index in [9.17, 15) is 0 Å². The van der Waals surface area contributed by atoms with Gasteiger partial charge in [0.05, 0.1) is 12.4 Å². The van der Waals surface area contributed by atoms with Gasteiger partial charge >= 0.3 is 0 Å². The number of hydrogen-bond acceptors (Lipinski definition) is 1. The molecule has 0 aliphatic carbocycles. The molecule has 0 aliphatic rings. The third-order valence-corrected chi connectivity index (χ3v) is 1.76. The van der Waals surface area contributed by atoms with Gasteiger partial charge in [-0.3, -0.25) is 0 Å². The maximum absolute atomic E-state index is 5.43. The van der Waals surface area contributed by atoms with Crippen LogP contribution in [-0.4, -0.2) is 6.10 Å². The quantitative estimate of drug-likeness (QED) is 0.553. The minimum atomic E-state index is 0.363. The van der Waals surface area contributed by atoms with E-state index in [0.717, 1.165) is 12.8 Å². The van der Waals surface area contributed by atoms with E-state index in [1.54, 1.807) is 6.26 Å².